The normalized spacial score (nSPS) is 10.2. The molecule has 0 spiro atoms. The number of amides is 1. The maximum Gasteiger partial charge on any atom is 0.254 e. The molecular formula is C13H14FN5O. The van der Waals surface area contributed by atoms with E-state index in [2.05, 4.69) is 20.7 Å². The second-order valence-electron chi connectivity index (χ2n) is 4.15. The Hall–Kier alpha value is -2.54. The molecule has 0 aliphatic carbocycles. The minimum absolute atomic E-state index is 0.116. The van der Waals surface area contributed by atoms with Crippen molar-refractivity contribution in [3.05, 3.63) is 53.2 Å². The van der Waals surface area contributed by atoms with Gasteiger partial charge in [-0.2, -0.15) is 0 Å². The molecule has 2 aromatic heterocycles. The quantitative estimate of drug-likeness (QED) is 0.574. The van der Waals surface area contributed by atoms with Crippen LogP contribution in [0.4, 0.5) is 10.2 Å². The summed E-state index contributed by atoms with van der Waals surface area (Å²) in [5.74, 6) is 3.62. The molecule has 0 fully saturated rings. The number of carbonyl (C=O) groups excluding carboxylic acids is 1. The molecule has 0 aliphatic heterocycles. The highest BCUT2D eigenvalue weighted by atomic mass is 19.1. The summed E-state index contributed by atoms with van der Waals surface area (Å²) in [6.07, 6.45) is 4.64. The summed E-state index contributed by atoms with van der Waals surface area (Å²) in [6.45, 7) is 2.18. The van der Waals surface area contributed by atoms with Gasteiger partial charge in [-0.25, -0.2) is 15.2 Å². The Kier molecular flexibility index (Phi) is 4.21. The largest absolute Gasteiger partial charge is 0.348 e. The zero-order chi connectivity index (χ0) is 14.5. The van der Waals surface area contributed by atoms with Crippen molar-refractivity contribution in [3.63, 3.8) is 0 Å². The number of rotatable bonds is 4. The Balaban J connectivity index is 2.12. The van der Waals surface area contributed by atoms with Crippen molar-refractivity contribution in [2.75, 3.05) is 5.43 Å². The minimum atomic E-state index is -0.782. The van der Waals surface area contributed by atoms with Crippen molar-refractivity contribution in [1.82, 2.24) is 15.3 Å². The smallest absolute Gasteiger partial charge is 0.254 e. The number of carbonyl (C=O) groups is 1. The number of aryl methyl sites for hydroxylation is 1. The number of hydrazine groups is 1. The van der Waals surface area contributed by atoms with Crippen LogP contribution in [-0.2, 0) is 6.54 Å². The predicted molar refractivity (Wildman–Crippen MR) is 72.1 cm³/mol. The highest BCUT2D eigenvalue weighted by molar-refractivity contribution is 5.95. The Morgan fingerprint density at radius 2 is 2.20 bits per heavy atom. The molecule has 20 heavy (non-hydrogen) atoms. The first kappa shape index (κ1) is 13.9. The average Bonchev–Trinajstić information content (AvgIpc) is 2.46. The van der Waals surface area contributed by atoms with E-state index in [0.29, 0.717) is 0 Å². The van der Waals surface area contributed by atoms with Crippen molar-refractivity contribution >= 4 is 11.7 Å². The third-order valence-electron chi connectivity index (χ3n) is 2.86. The highest BCUT2D eigenvalue weighted by Gasteiger charge is 2.15. The molecule has 4 N–H and O–H groups in total. The zero-order valence-corrected chi connectivity index (χ0v) is 10.9. The number of pyridine rings is 2. The van der Waals surface area contributed by atoms with Gasteiger partial charge in [0.1, 0.15) is 0 Å². The predicted octanol–water partition coefficient (Wildman–Crippen LogP) is 1.14. The maximum atomic E-state index is 13.9. The fraction of sp³-hybridized carbons (Fsp3) is 0.154. The third kappa shape index (κ3) is 2.89. The van der Waals surface area contributed by atoms with Gasteiger partial charge in [0.2, 0.25) is 0 Å². The number of halogens is 1. The molecule has 0 aromatic carbocycles. The topological polar surface area (TPSA) is 92.9 Å². The van der Waals surface area contributed by atoms with Crippen molar-refractivity contribution in [3.8, 4) is 0 Å². The molecule has 0 radical (unpaired) electrons. The van der Waals surface area contributed by atoms with Gasteiger partial charge in [-0.15, -0.1) is 0 Å². The van der Waals surface area contributed by atoms with Crippen LogP contribution < -0.4 is 16.6 Å². The van der Waals surface area contributed by atoms with Gasteiger partial charge in [-0.05, 0) is 30.2 Å². The van der Waals surface area contributed by atoms with E-state index in [1.54, 1.807) is 12.4 Å². The molecule has 7 heteroatoms. The zero-order valence-electron chi connectivity index (χ0n) is 10.9. The van der Waals surface area contributed by atoms with Crippen molar-refractivity contribution in [2.24, 2.45) is 5.84 Å². The number of aromatic nitrogens is 2. The molecule has 0 unspecified atom stereocenters. The van der Waals surface area contributed by atoms with Gasteiger partial charge in [0.15, 0.2) is 11.6 Å². The Morgan fingerprint density at radius 3 is 2.90 bits per heavy atom. The molecule has 0 atom stereocenters. The van der Waals surface area contributed by atoms with Gasteiger partial charge < -0.3 is 10.7 Å². The van der Waals surface area contributed by atoms with E-state index in [1.165, 1.54) is 12.3 Å². The van der Waals surface area contributed by atoms with Crippen LogP contribution in [0.2, 0.25) is 0 Å². The lowest BCUT2D eigenvalue weighted by Crippen LogP contribution is -2.25. The fourth-order valence-corrected chi connectivity index (χ4v) is 1.67. The molecule has 104 valence electrons. The second-order valence-corrected chi connectivity index (χ2v) is 4.15. The number of nitrogen functional groups attached to an aromatic ring is 1. The van der Waals surface area contributed by atoms with Gasteiger partial charge in [-0.3, -0.25) is 9.78 Å². The minimum Gasteiger partial charge on any atom is -0.348 e. The molecule has 2 rings (SSSR count). The van der Waals surface area contributed by atoms with Gasteiger partial charge in [-0.1, -0.05) is 0 Å². The molecule has 1 amide bonds. The lowest BCUT2D eigenvalue weighted by molar-refractivity contribution is 0.0946. The van der Waals surface area contributed by atoms with E-state index in [4.69, 9.17) is 5.84 Å². The van der Waals surface area contributed by atoms with Crippen LogP contribution in [0.15, 0.2) is 30.7 Å². The molecule has 2 aromatic rings. The third-order valence-corrected chi connectivity index (χ3v) is 2.86. The van der Waals surface area contributed by atoms with Crippen LogP contribution >= 0.6 is 0 Å². The van der Waals surface area contributed by atoms with Gasteiger partial charge in [0, 0.05) is 25.1 Å². The van der Waals surface area contributed by atoms with E-state index in [0.717, 1.165) is 11.1 Å². The molecule has 2 heterocycles. The van der Waals surface area contributed by atoms with Crippen LogP contribution in [-0.4, -0.2) is 15.9 Å². The van der Waals surface area contributed by atoms with Crippen LogP contribution in [0.3, 0.4) is 0 Å². The lowest BCUT2D eigenvalue weighted by atomic mass is 10.1. The average molecular weight is 275 g/mol. The monoisotopic (exact) mass is 275 g/mol. The summed E-state index contributed by atoms with van der Waals surface area (Å²) in [6, 6.07) is 3.13. The first-order chi connectivity index (χ1) is 9.63. The van der Waals surface area contributed by atoms with Crippen molar-refractivity contribution in [2.45, 2.75) is 13.5 Å². The fourth-order valence-electron chi connectivity index (χ4n) is 1.67. The SMILES string of the molecule is Cc1ccncc1CNC(=O)c1ccnc(NN)c1F. The molecule has 0 saturated heterocycles. The van der Waals surface area contributed by atoms with E-state index < -0.39 is 11.7 Å². The summed E-state index contributed by atoms with van der Waals surface area (Å²) in [5, 5.41) is 2.63. The summed E-state index contributed by atoms with van der Waals surface area (Å²) in [4.78, 5) is 19.6. The summed E-state index contributed by atoms with van der Waals surface area (Å²) < 4.78 is 13.9. The molecule has 6 nitrogen and oxygen atoms in total. The van der Waals surface area contributed by atoms with Gasteiger partial charge in [0.05, 0.1) is 5.56 Å². The van der Waals surface area contributed by atoms with Crippen LogP contribution in [0, 0.1) is 12.7 Å². The van der Waals surface area contributed by atoms with E-state index >= 15 is 0 Å². The number of nitrogens with zero attached hydrogens (tertiary/aromatic N) is 2. The van der Waals surface area contributed by atoms with Gasteiger partial charge in [0.25, 0.3) is 5.91 Å². The number of nitrogens with one attached hydrogen (secondary N) is 2. The molecule has 0 saturated carbocycles. The lowest BCUT2D eigenvalue weighted by Gasteiger charge is -2.09. The van der Waals surface area contributed by atoms with E-state index in [-0.39, 0.29) is 17.9 Å². The number of nitrogens with two attached hydrogens (primary N) is 1. The molecule has 0 aliphatic rings. The van der Waals surface area contributed by atoms with Crippen molar-refractivity contribution < 1.29 is 9.18 Å². The second kappa shape index (κ2) is 6.07. The Morgan fingerprint density at radius 1 is 1.40 bits per heavy atom. The van der Waals surface area contributed by atoms with Gasteiger partial charge >= 0.3 is 0 Å². The van der Waals surface area contributed by atoms with Crippen molar-refractivity contribution in [1.29, 1.82) is 0 Å². The highest BCUT2D eigenvalue weighted by Crippen LogP contribution is 2.14. The summed E-state index contributed by atoms with van der Waals surface area (Å²) in [5.41, 5.74) is 3.85. The first-order valence-electron chi connectivity index (χ1n) is 5.92. The van der Waals surface area contributed by atoms with Crippen LogP contribution in [0.1, 0.15) is 21.5 Å². The maximum absolute atomic E-state index is 13.9. The van der Waals surface area contributed by atoms with Crippen LogP contribution in [0.5, 0.6) is 0 Å². The number of hydrogen-bond donors (Lipinski definition) is 3. The molecular weight excluding hydrogens is 261 g/mol. The standard InChI is InChI=1S/C13H14FN5O/c1-8-2-4-16-6-9(8)7-18-13(20)10-3-5-17-12(19-15)11(10)14/h2-6H,7,15H2,1H3,(H,17,19)(H,18,20). The first-order valence-corrected chi connectivity index (χ1v) is 5.92. The molecule has 0 bridgehead atoms. The Labute approximate surface area is 115 Å². The van der Waals surface area contributed by atoms with E-state index in [1.807, 2.05) is 13.0 Å². The number of anilines is 1. The summed E-state index contributed by atoms with van der Waals surface area (Å²) in [7, 11) is 0. The Bertz CT molecular complexity index is 632. The number of hydrogen-bond acceptors (Lipinski definition) is 5. The van der Waals surface area contributed by atoms with Crippen LogP contribution in [0.25, 0.3) is 0 Å². The van der Waals surface area contributed by atoms with E-state index in [9.17, 15) is 9.18 Å². The summed E-state index contributed by atoms with van der Waals surface area (Å²) >= 11 is 0.